The normalized spacial score (nSPS) is 15.3. The lowest BCUT2D eigenvalue weighted by atomic mass is 9.94. The molecule has 1 aromatic carbocycles. The van der Waals surface area contributed by atoms with Crippen LogP contribution in [0.15, 0.2) is 30.6 Å². The molecule has 3 heterocycles. The molecule has 26 heavy (non-hydrogen) atoms. The van der Waals surface area contributed by atoms with Crippen LogP contribution >= 0.6 is 11.3 Å². The minimum atomic E-state index is 0.272. The van der Waals surface area contributed by atoms with Crippen LogP contribution in [-0.4, -0.2) is 39.8 Å². The van der Waals surface area contributed by atoms with Crippen molar-refractivity contribution in [2.75, 3.05) is 24.6 Å². The summed E-state index contributed by atoms with van der Waals surface area (Å²) in [5.41, 5.74) is 2.42. The predicted molar refractivity (Wildman–Crippen MR) is 102 cm³/mol. The summed E-state index contributed by atoms with van der Waals surface area (Å²) in [7, 11) is 0. The zero-order valence-corrected chi connectivity index (χ0v) is 15.1. The van der Waals surface area contributed by atoms with Crippen LogP contribution in [0.5, 0.6) is 0 Å². The van der Waals surface area contributed by atoms with Gasteiger partial charge in [0.1, 0.15) is 5.01 Å². The number of rotatable bonds is 4. The number of hydrogen-bond acceptors (Lipinski definition) is 7. The fourth-order valence-electron chi connectivity index (χ4n) is 3.32. The van der Waals surface area contributed by atoms with Crippen molar-refractivity contribution in [1.82, 2.24) is 15.0 Å². The van der Waals surface area contributed by atoms with E-state index in [-0.39, 0.29) is 6.61 Å². The zero-order valence-electron chi connectivity index (χ0n) is 14.3. The quantitative estimate of drug-likeness (QED) is 0.764. The van der Waals surface area contributed by atoms with E-state index >= 15 is 0 Å². The van der Waals surface area contributed by atoms with Crippen molar-refractivity contribution in [3.63, 3.8) is 0 Å². The maximum Gasteiger partial charge on any atom is 0.225 e. The number of nitrogens with zero attached hydrogens (tertiary/aromatic N) is 5. The largest absolute Gasteiger partial charge is 0.396 e. The van der Waals surface area contributed by atoms with Gasteiger partial charge < -0.3 is 10.0 Å². The Morgan fingerprint density at radius 3 is 2.69 bits per heavy atom. The first-order chi connectivity index (χ1) is 12.8. The SMILES string of the molecule is N#Cc1ccc2nc(-c3cnc(N4CCC(CCO)CC4)nc3)sc2c1. The van der Waals surface area contributed by atoms with E-state index in [0.29, 0.717) is 11.5 Å². The first-order valence-electron chi connectivity index (χ1n) is 8.76. The molecule has 132 valence electrons. The molecule has 0 bridgehead atoms. The molecule has 2 aromatic heterocycles. The average Bonchev–Trinajstić information content (AvgIpc) is 3.12. The summed E-state index contributed by atoms with van der Waals surface area (Å²) in [6, 6.07) is 7.68. The van der Waals surface area contributed by atoms with Gasteiger partial charge in [0.25, 0.3) is 0 Å². The number of benzene rings is 1. The first-order valence-corrected chi connectivity index (χ1v) is 9.57. The molecule has 7 heteroatoms. The van der Waals surface area contributed by atoms with E-state index in [0.717, 1.165) is 59.1 Å². The molecule has 1 aliphatic heterocycles. The second-order valence-corrected chi connectivity index (χ2v) is 7.56. The zero-order chi connectivity index (χ0) is 17.9. The molecule has 1 aliphatic rings. The van der Waals surface area contributed by atoms with Crippen molar-refractivity contribution in [3.8, 4) is 16.6 Å². The molecule has 0 spiro atoms. The molecular weight excluding hydrogens is 346 g/mol. The molecule has 0 saturated carbocycles. The van der Waals surface area contributed by atoms with Gasteiger partial charge in [-0.2, -0.15) is 5.26 Å². The lowest BCUT2D eigenvalue weighted by Gasteiger charge is -2.31. The van der Waals surface area contributed by atoms with Crippen molar-refractivity contribution in [2.24, 2.45) is 5.92 Å². The predicted octanol–water partition coefficient (Wildman–Crippen LogP) is 3.22. The Morgan fingerprint density at radius 2 is 2.00 bits per heavy atom. The Morgan fingerprint density at radius 1 is 1.23 bits per heavy atom. The number of aliphatic hydroxyl groups excluding tert-OH is 1. The fraction of sp³-hybridized carbons (Fsp3) is 0.368. The van der Waals surface area contributed by atoms with Crippen LogP contribution in [0, 0.1) is 17.2 Å². The highest BCUT2D eigenvalue weighted by molar-refractivity contribution is 7.21. The molecule has 0 atom stereocenters. The molecule has 1 fully saturated rings. The molecular formula is C19H19N5OS. The standard InChI is InChI=1S/C19H19N5OS/c20-10-14-1-2-16-17(9-14)26-18(23-16)15-11-21-19(22-12-15)24-6-3-13(4-7-24)5-8-25/h1-2,9,11-13,25H,3-8H2. The number of thiazole rings is 1. The minimum Gasteiger partial charge on any atom is -0.396 e. The van der Waals surface area contributed by atoms with Gasteiger partial charge in [-0.3, -0.25) is 0 Å². The second-order valence-electron chi connectivity index (χ2n) is 6.53. The van der Waals surface area contributed by atoms with Crippen LogP contribution in [0.1, 0.15) is 24.8 Å². The van der Waals surface area contributed by atoms with E-state index in [2.05, 4.69) is 25.9 Å². The van der Waals surface area contributed by atoms with Gasteiger partial charge in [-0.1, -0.05) is 0 Å². The summed E-state index contributed by atoms with van der Waals surface area (Å²) < 4.78 is 0.995. The maximum atomic E-state index is 9.06. The highest BCUT2D eigenvalue weighted by Crippen LogP contribution is 2.31. The third-order valence-corrected chi connectivity index (χ3v) is 5.90. The molecule has 0 unspecified atom stereocenters. The summed E-state index contributed by atoms with van der Waals surface area (Å²) in [4.78, 5) is 15.9. The highest BCUT2D eigenvalue weighted by Gasteiger charge is 2.20. The molecule has 1 saturated heterocycles. The van der Waals surface area contributed by atoms with E-state index in [1.165, 1.54) is 0 Å². The number of anilines is 1. The summed E-state index contributed by atoms with van der Waals surface area (Å²) in [6.45, 7) is 2.14. The van der Waals surface area contributed by atoms with Crippen molar-refractivity contribution in [3.05, 3.63) is 36.2 Å². The summed E-state index contributed by atoms with van der Waals surface area (Å²) in [5, 5.41) is 18.9. The minimum absolute atomic E-state index is 0.272. The van der Waals surface area contributed by atoms with Gasteiger partial charge in [-0.15, -0.1) is 11.3 Å². The molecule has 0 aliphatic carbocycles. The monoisotopic (exact) mass is 365 g/mol. The Kier molecular flexibility index (Phi) is 4.78. The van der Waals surface area contributed by atoms with Gasteiger partial charge in [0.05, 0.1) is 21.8 Å². The topological polar surface area (TPSA) is 85.9 Å². The van der Waals surface area contributed by atoms with Gasteiger partial charge in [0.2, 0.25) is 5.95 Å². The van der Waals surface area contributed by atoms with Crippen LogP contribution in [-0.2, 0) is 0 Å². The van der Waals surface area contributed by atoms with Gasteiger partial charge in [-0.25, -0.2) is 15.0 Å². The Balaban J connectivity index is 1.50. The maximum absolute atomic E-state index is 9.06. The van der Waals surface area contributed by atoms with Crippen LogP contribution < -0.4 is 4.90 Å². The Hall–Kier alpha value is -2.56. The number of piperidine rings is 1. The number of aliphatic hydroxyl groups is 1. The van der Waals surface area contributed by atoms with Gasteiger partial charge in [0.15, 0.2) is 0 Å². The Labute approximate surface area is 155 Å². The average molecular weight is 365 g/mol. The van der Waals surface area contributed by atoms with Crippen LogP contribution in [0.3, 0.4) is 0 Å². The van der Waals surface area contributed by atoms with Crippen molar-refractivity contribution < 1.29 is 5.11 Å². The molecule has 6 nitrogen and oxygen atoms in total. The third-order valence-electron chi connectivity index (χ3n) is 4.84. The number of fused-ring (bicyclic) bond motifs is 1. The van der Waals surface area contributed by atoms with E-state index in [1.807, 2.05) is 24.5 Å². The third kappa shape index (κ3) is 3.39. The van der Waals surface area contributed by atoms with Crippen molar-refractivity contribution >= 4 is 27.5 Å². The second kappa shape index (κ2) is 7.36. The number of hydrogen-bond donors (Lipinski definition) is 1. The summed E-state index contributed by atoms with van der Waals surface area (Å²) >= 11 is 1.55. The summed E-state index contributed by atoms with van der Waals surface area (Å²) in [6.07, 6.45) is 6.68. The first kappa shape index (κ1) is 16.9. The van der Waals surface area contributed by atoms with E-state index < -0.39 is 0 Å². The smallest absolute Gasteiger partial charge is 0.225 e. The molecule has 3 aromatic rings. The van der Waals surface area contributed by atoms with Crippen molar-refractivity contribution in [1.29, 1.82) is 5.26 Å². The molecule has 0 radical (unpaired) electrons. The van der Waals surface area contributed by atoms with E-state index in [1.54, 1.807) is 17.4 Å². The molecule has 1 N–H and O–H groups in total. The number of aromatic nitrogens is 3. The van der Waals surface area contributed by atoms with Crippen LogP contribution in [0.2, 0.25) is 0 Å². The van der Waals surface area contributed by atoms with Gasteiger partial charge in [0, 0.05) is 37.7 Å². The summed E-state index contributed by atoms with van der Waals surface area (Å²) in [5.74, 6) is 1.36. The fourth-order valence-corrected chi connectivity index (χ4v) is 4.30. The molecule has 0 amide bonds. The number of nitriles is 1. The Bertz CT molecular complexity index is 939. The van der Waals surface area contributed by atoms with Crippen LogP contribution in [0.25, 0.3) is 20.8 Å². The highest BCUT2D eigenvalue weighted by atomic mass is 32.1. The van der Waals surface area contributed by atoms with Gasteiger partial charge >= 0.3 is 0 Å². The van der Waals surface area contributed by atoms with Gasteiger partial charge in [-0.05, 0) is 43.4 Å². The molecule has 4 rings (SSSR count). The lowest BCUT2D eigenvalue weighted by Crippen LogP contribution is -2.35. The lowest BCUT2D eigenvalue weighted by molar-refractivity contribution is 0.240. The van der Waals surface area contributed by atoms with Crippen molar-refractivity contribution in [2.45, 2.75) is 19.3 Å². The van der Waals surface area contributed by atoms with Crippen LogP contribution in [0.4, 0.5) is 5.95 Å². The van der Waals surface area contributed by atoms with E-state index in [4.69, 9.17) is 10.4 Å². The van der Waals surface area contributed by atoms with E-state index in [9.17, 15) is 0 Å².